The molecular weight excluding hydrogens is 329 g/mol. The predicted molar refractivity (Wildman–Crippen MR) is 78.5 cm³/mol. The standard InChI is InChI=1S/C15H15F3N2O4/c1-2-24-10-5-3-9(4-6-10)19-14(23)20-7-11(13(21)22)12(8-20)15(16,17)18/h2-6,11-12H,1,7-8H2,(H,19,23)(H,21,22)/t11-,12-/m1/s1. The van der Waals surface area contributed by atoms with Crippen LogP contribution in [0.2, 0.25) is 0 Å². The molecule has 2 N–H and O–H groups in total. The Morgan fingerprint density at radius 3 is 2.38 bits per heavy atom. The van der Waals surface area contributed by atoms with Gasteiger partial charge in [-0.3, -0.25) is 4.79 Å². The summed E-state index contributed by atoms with van der Waals surface area (Å²) in [6, 6.07) is 5.30. The van der Waals surface area contributed by atoms with Crippen LogP contribution >= 0.6 is 0 Å². The molecule has 0 spiro atoms. The highest BCUT2D eigenvalue weighted by Gasteiger charge is 2.53. The fourth-order valence-electron chi connectivity index (χ4n) is 2.47. The first-order valence-corrected chi connectivity index (χ1v) is 6.95. The van der Waals surface area contributed by atoms with Crippen molar-refractivity contribution in [3.05, 3.63) is 37.1 Å². The first-order valence-electron chi connectivity index (χ1n) is 6.95. The van der Waals surface area contributed by atoms with E-state index < -0.39 is 43.1 Å². The number of carbonyl (C=O) groups is 2. The summed E-state index contributed by atoms with van der Waals surface area (Å²) in [4.78, 5) is 23.9. The van der Waals surface area contributed by atoms with Crippen LogP contribution in [0.4, 0.5) is 23.7 Å². The highest BCUT2D eigenvalue weighted by Crippen LogP contribution is 2.37. The molecule has 0 aliphatic carbocycles. The van der Waals surface area contributed by atoms with Gasteiger partial charge in [-0.1, -0.05) is 6.58 Å². The number of halogens is 3. The van der Waals surface area contributed by atoms with Crippen molar-refractivity contribution in [2.24, 2.45) is 11.8 Å². The van der Waals surface area contributed by atoms with E-state index in [9.17, 15) is 22.8 Å². The number of rotatable bonds is 4. The Morgan fingerprint density at radius 1 is 1.29 bits per heavy atom. The molecule has 1 aliphatic rings. The van der Waals surface area contributed by atoms with E-state index in [1.807, 2.05) is 0 Å². The van der Waals surface area contributed by atoms with Gasteiger partial charge in [0.05, 0.1) is 18.1 Å². The molecule has 130 valence electrons. The second-order valence-electron chi connectivity index (χ2n) is 5.24. The average Bonchev–Trinajstić information content (AvgIpc) is 2.95. The monoisotopic (exact) mass is 344 g/mol. The van der Waals surface area contributed by atoms with Crippen LogP contribution in [-0.2, 0) is 4.79 Å². The van der Waals surface area contributed by atoms with Crippen molar-refractivity contribution >= 4 is 17.7 Å². The topological polar surface area (TPSA) is 78.9 Å². The van der Waals surface area contributed by atoms with Crippen LogP contribution in [0, 0.1) is 11.8 Å². The summed E-state index contributed by atoms with van der Waals surface area (Å²) in [6.45, 7) is 2.20. The van der Waals surface area contributed by atoms with E-state index in [4.69, 9.17) is 9.84 Å². The Kier molecular flexibility index (Phi) is 5.01. The number of carbonyl (C=O) groups excluding carboxylic acids is 1. The zero-order valence-electron chi connectivity index (χ0n) is 12.4. The van der Waals surface area contributed by atoms with Crippen molar-refractivity contribution < 1.29 is 32.6 Å². The number of hydrogen-bond donors (Lipinski definition) is 2. The Morgan fingerprint density at radius 2 is 1.92 bits per heavy atom. The van der Waals surface area contributed by atoms with E-state index in [-0.39, 0.29) is 0 Å². The molecule has 0 bridgehead atoms. The van der Waals surface area contributed by atoms with Crippen LogP contribution in [0.3, 0.4) is 0 Å². The predicted octanol–water partition coefficient (Wildman–Crippen LogP) is 2.94. The van der Waals surface area contributed by atoms with Crippen LogP contribution in [0.15, 0.2) is 37.1 Å². The first kappa shape index (κ1) is 17.6. The molecule has 0 unspecified atom stereocenters. The SMILES string of the molecule is C=COc1ccc(NC(=O)N2C[C@@H](C(F)(F)F)[C@H](C(=O)O)C2)cc1. The lowest BCUT2D eigenvalue weighted by Gasteiger charge is -2.18. The number of nitrogens with one attached hydrogen (secondary N) is 1. The van der Waals surface area contributed by atoms with Gasteiger partial charge in [0.25, 0.3) is 0 Å². The number of benzene rings is 1. The molecule has 2 atom stereocenters. The van der Waals surface area contributed by atoms with Gasteiger partial charge in [-0.2, -0.15) is 13.2 Å². The second kappa shape index (κ2) is 6.81. The highest BCUT2D eigenvalue weighted by atomic mass is 19.4. The molecule has 24 heavy (non-hydrogen) atoms. The largest absolute Gasteiger partial charge is 0.481 e. The molecule has 1 aromatic carbocycles. The van der Waals surface area contributed by atoms with Crippen LogP contribution in [0.5, 0.6) is 5.75 Å². The normalized spacial score (nSPS) is 20.5. The van der Waals surface area contributed by atoms with E-state index >= 15 is 0 Å². The summed E-state index contributed by atoms with van der Waals surface area (Å²) >= 11 is 0. The zero-order valence-corrected chi connectivity index (χ0v) is 12.4. The summed E-state index contributed by atoms with van der Waals surface area (Å²) in [5, 5.41) is 11.4. The molecule has 2 amide bonds. The van der Waals surface area contributed by atoms with Crippen LogP contribution in [0.25, 0.3) is 0 Å². The van der Waals surface area contributed by atoms with Crippen LogP contribution in [-0.4, -0.2) is 41.3 Å². The molecule has 9 heteroatoms. The van der Waals surface area contributed by atoms with Gasteiger partial charge in [0.15, 0.2) is 0 Å². The van der Waals surface area contributed by atoms with Crippen molar-refractivity contribution in [3.8, 4) is 5.75 Å². The molecule has 1 saturated heterocycles. The minimum atomic E-state index is -4.68. The average molecular weight is 344 g/mol. The molecule has 1 aliphatic heterocycles. The summed E-state index contributed by atoms with van der Waals surface area (Å²) in [6.07, 6.45) is -3.46. The number of aliphatic carboxylic acids is 1. The van der Waals surface area contributed by atoms with Crippen LogP contribution in [0.1, 0.15) is 0 Å². The Labute approximate surface area is 135 Å². The van der Waals surface area contributed by atoms with Crippen molar-refractivity contribution in [2.45, 2.75) is 6.18 Å². The van der Waals surface area contributed by atoms with E-state index in [1.54, 1.807) is 12.1 Å². The van der Waals surface area contributed by atoms with E-state index in [2.05, 4.69) is 11.9 Å². The lowest BCUT2D eigenvalue weighted by molar-refractivity contribution is -0.187. The van der Waals surface area contributed by atoms with Crippen LogP contribution < -0.4 is 10.1 Å². The number of ether oxygens (including phenoxy) is 1. The van der Waals surface area contributed by atoms with E-state index in [1.165, 1.54) is 18.4 Å². The van der Waals surface area contributed by atoms with Gasteiger partial charge in [-0.05, 0) is 24.3 Å². The smallest absolute Gasteiger partial charge is 0.394 e. The number of nitrogens with zero attached hydrogens (tertiary/aromatic N) is 1. The third kappa shape index (κ3) is 3.98. The second-order valence-corrected chi connectivity index (χ2v) is 5.24. The fraction of sp³-hybridized carbons (Fsp3) is 0.333. The Balaban J connectivity index is 2.04. The lowest BCUT2D eigenvalue weighted by Crippen LogP contribution is -2.35. The molecule has 1 heterocycles. The van der Waals surface area contributed by atoms with Gasteiger partial charge in [-0.15, -0.1) is 0 Å². The molecule has 2 rings (SSSR count). The van der Waals surface area contributed by atoms with Crippen molar-refractivity contribution in [3.63, 3.8) is 0 Å². The third-order valence-corrected chi connectivity index (χ3v) is 3.67. The number of amides is 2. The van der Waals surface area contributed by atoms with E-state index in [0.29, 0.717) is 11.4 Å². The minimum absolute atomic E-state index is 0.346. The van der Waals surface area contributed by atoms with E-state index in [0.717, 1.165) is 4.90 Å². The van der Waals surface area contributed by atoms with Gasteiger partial charge < -0.3 is 20.1 Å². The third-order valence-electron chi connectivity index (χ3n) is 3.67. The molecule has 0 aromatic heterocycles. The number of likely N-dealkylation sites (tertiary alicyclic amines) is 1. The summed E-state index contributed by atoms with van der Waals surface area (Å²) in [5.74, 6) is -4.84. The maximum atomic E-state index is 12.9. The number of carboxylic acids is 1. The summed E-state index contributed by atoms with van der Waals surface area (Å²) in [7, 11) is 0. The van der Waals surface area contributed by atoms with Crippen molar-refractivity contribution in [1.29, 1.82) is 0 Å². The maximum absolute atomic E-state index is 12.9. The number of hydrogen-bond acceptors (Lipinski definition) is 3. The molecule has 1 aromatic rings. The molecular formula is C15H15F3N2O4. The van der Waals surface area contributed by atoms with Gasteiger partial charge in [-0.25, -0.2) is 4.79 Å². The minimum Gasteiger partial charge on any atom is -0.481 e. The lowest BCUT2D eigenvalue weighted by atomic mass is 9.96. The number of urea groups is 1. The summed E-state index contributed by atoms with van der Waals surface area (Å²) < 4.78 is 43.7. The van der Waals surface area contributed by atoms with Gasteiger partial charge >= 0.3 is 18.2 Å². The quantitative estimate of drug-likeness (QED) is 0.823. The molecule has 6 nitrogen and oxygen atoms in total. The first-order chi connectivity index (χ1) is 11.2. The molecule has 0 radical (unpaired) electrons. The Hall–Kier alpha value is -2.71. The number of alkyl halides is 3. The molecule has 0 saturated carbocycles. The van der Waals surface area contributed by atoms with Gasteiger partial charge in [0.2, 0.25) is 0 Å². The zero-order chi connectivity index (χ0) is 17.9. The van der Waals surface area contributed by atoms with Crippen molar-refractivity contribution in [2.75, 3.05) is 18.4 Å². The number of carboxylic acid groups (broad SMARTS) is 1. The highest BCUT2D eigenvalue weighted by molar-refractivity contribution is 5.90. The Bertz CT molecular complexity index is 631. The molecule has 1 fully saturated rings. The summed E-state index contributed by atoms with van der Waals surface area (Å²) in [5.41, 5.74) is 0.346. The van der Waals surface area contributed by atoms with Crippen molar-refractivity contribution in [1.82, 2.24) is 4.90 Å². The van der Waals surface area contributed by atoms with Gasteiger partial charge in [0, 0.05) is 18.8 Å². The van der Waals surface area contributed by atoms with Gasteiger partial charge in [0.1, 0.15) is 5.75 Å². The fourth-order valence-corrected chi connectivity index (χ4v) is 2.47. The number of anilines is 1. The maximum Gasteiger partial charge on any atom is 0.394 e.